The molecule has 0 N–H and O–H groups in total. The number of fused-ring (bicyclic) bond motifs is 1. The molecule has 5 heteroatoms. The highest BCUT2D eigenvalue weighted by Crippen LogP contribution is 2.24. The van der Waals surface area contributed by atoms with Crippen LogP contribution >= 0.6 is 0 Å². The van der Waals surface area contributed by atoms with Gasteiger partial charge in [0.1, 0.15) is 0 Å². The molecule has 3 rings (SSSR count). The van der Waals surface area contributed by atoms with Crippen LogP contribution in [0.2, 0.25) is 0 Å². The third-order valence-corrected chi connectivity index (χ3v) is 5.12. The molecule has 0 unspecified atom stereocenters. The number of aromatic nitrogens is 2. The van der Waals surface area contributed by atoms with Crippen molar-refractivity contribution in [2.45, 2.75) is 18.7 Å². The molecule has 20 heavy (non-hydrogen) atoms. The van der Waals surface area contributed by atoms with Gasteiger partial charge in [0, 0.05) is 23.5 Å². The molecule has 0 aliphatic heterocycles. The summed E-state index contributed by atoms with van der Waals surface area (Å²) >= 11 is 0. The van der Waals surface area contributed by atoms with Crippen molar-refractivity contribution < 1.29 is 8.42 Å². The summed E-state index contributed by atoms with van der Waals surface area (Å²) < 4.78 is 26.9. The highest BCUT2D eigenvalue weighted by molar-refractivity contribution is 7.90. The lowest BCUT2D eigenvalue weighted by molar-refractivity contribution is 0.588. The van der Waals surface area contributed by atoms with E-state index in [1.54, 1.807) is 49.6 Å². The van der Waals surface area contributed by atoms with Crippen molar-refractivity contribution in [3.63, 3.8) is 0 Å². The van der Waals surface area contributed by atoms with Crippen LogP contribution in [-0.4, -0.2) is 17.4 Å². The third-order valence-electron chi connectivity index (χ3n) is 3.29. The summed E-state index contributed by atoms with van der Waals surface area (Å²) in [5.74, 6) is 0. The van der Waals surface area contributed by atoms with Gasteiger partial charge in [0.2, 0.25) is 0 Å². The molecule has 3 aromatic rings. The minimum absolute atomic E-state index is 0.292. The van der Waals surface area contributed by atoms with Crippen LogP contribution in [0.15, 0.2) is 53.7 Å². The normalized spacial score (nSPS) is 11.9. The van der Waals surface area contributed by atoms with Gasteiger partial charge in [-0.3, -0.25) is 4.98 Å². The zero-order valence-electron chi connectivity index (χ0n) is 11.2. The molecule has 2 heterocycles. The number of nitrogens with zero attached hydrogens (tertiary/aromatic N) is 2. The highest BCUT2D eigenvalue weighted by Gasteiger charge is 2.21. The summed E-state index contributed by atoms with van der Waals surface area (Å²) in [6, 6.07) is 10.4. The summed E-state index contributed by atoms with van der Waals surface area (Å²) in [7, 11) is -3.58. The lowest BCUT2D eigenvalue weighted by atomic mass is 10.2. The molecule has 0 saturated carbocycles. The smallest absolute Gasteiger partial charge is 0.264 e. The number of hydrogen-bond donors (Lipinski definition) is 0. The predicted octanol–water partition coefficient (Wildman–Crippen LogP) is 2.89. The summed E-state index contributed by atoms with van der Waals surface area (Å²) in [5, 5.41) is 0.820. The standard InChI is InChI=1S/C15H14N2O2S/c1-11-3-5-14(6-4-11)20(18,19)17-12(2)9-13-10-16-8-7-15(13)17/h3-10H,1-2H3. The SMILES string of the molecule is Cc1ccc(S(=O)(=O)n2c(C)cc3cnccc32)cc1. The van der Waals surface area contributed by atoms with Crippen LogP contribution in [0.1, 0.15) is 11.3 Å². The minimum Gasteiger partial charge on any atom is -0.264 e. The number of benzene rings is 1. The van der Waals surface area contributed by atoms with Crippen molar-refractivity contribution in [1.82, 2.24) is 8.96 Å². The highest BCUT2D eigenvalue weighted by atomic mass is 32.2. The van der Waals surface area contributed by atoms with Gasteiger partial charge in [0.15, 0.2) is 0 Å². The summed E-state index contributed by atoms with van der Waals surface area (Å²) in [4.78, 5) is 4.32. The van der Waals surface area contributed by atoms with Crippen LogP contribution in [0.25, 0.3) is 10.9 Å². The van der Waals surface area contributed by atoms with E-state index in [0.29, 0.717) is 16.1 Å². The van der Waals surface area contributed by atoms with E-state index in [2.05, 4.69) is 4.98 Å². The quantitative estimate of drug-likeness (QED) is 0.728. The largest absolute Gasteiger partial charge is 0.268 e. The Bertz CT molecular complexity index is 878. The number of pyridine rings is 1. The summed E-state index contributed by atoms with van der Waals surface area (Å²) in [6.07, 6.45) is 3.27. The molecule has 0 radical (unpaired) electrons. The molecule has 0 bridgehead atoms. The molecule has 102 valence electrons. The topological polar surface area (TPSA) is 52.0 Å². The van der Waals surface area contributed by atoms with Crippen molar-refractivity contribution in [1.29, 1.82) is 0 Å². The fourth-order valence-corrected chi connectivity index (χ4v) is 3.85. The van der Waals surface area contributed by atoms with E-state index in [9.17, 15) is 8.42 Å². The lowest BCUT2D eigenvalue weighted by Crippen LogP contribution is -2.14. The molecule has 0 aliphatic rings. The zero-order valence-corrected chi connectivity index (χ0v) is 12.1. The molecule has 1 aromatic carbocycles. The van der Waals surface area contributed by atoms with Gasteiger partial charge in [0.05, 0.1) is 10.4 Å². The minimum atomic E-state index is -3.58. The number of rotatable bonds is 2. The predicted molar refractivity (Wildman–Crippen MR) is 78.2 cm³/mol. The molecule has 0 fully saturated rings. The Morgan fingerprint density at radius 2 is 1.75 bits per heavy atom. The fraction of sp³-hybridized carbons (Fsp3) is 0.133. The van der Waals surface area contributed by atoms with Crippen LogP contribution in [0.3, 0.4) is 0 Å². The molecular weight excluding hydrogens is 272 g/mol. The third kappa shape index (κ3) is 1.91. The molecule has 2 aromatic heterocycles. The number of aryl methyl sites for hydroxylation is 2. The van der Waals surface area contributed by atoms with E-state index in [1.165, 1.54) is 3.97 Å². The first-order valence-electron chi connectivity index (χ1n) is 6.24. The Kier molecular flexibility index (Phi) is 2.87. The van der Waals surface area contributed by atoms with Gasteiger partial charge < -0.3 is 0 Å². The lowest BCUT2D eigenvalue weighted by Gasteiger charge is -2.10. The van der Waals surface area contributed by atoms with E-state index in [0.717, 1.165) is 10.9 Å². The summed E-state index contributed by atoms with van der Waals surface area (Å²) in [5.41, 5.74) is 2.36. The molecule has 4 nitrogen and oxygen atoms in total. The first kappa shape index (κ1) is 12.9. The van der Waals surface area contributed by atoms with Gasteiger partial charge in [-0.15, -0.1) is 0 Å². The Labute approximate surface area is 117 Å². The Morgan fingerprint density at radius 1 is 1.05 bits per heavy atom. The van der Waals surface area contributed by atoms with Crippen LogP contribution < -0.4 is 0 Å². The van der Waals surface area contributed by atoms with Crippen LogP contribution in [0.5, 0.6) is 0 Å². The van der Waals surface area contributed by atoms with E-state index < -0.39 is 10.0 Å². The van der Waals surface area contributed by atoms with Crippen molar-refractivity contribution in [3.05, 3.63) is 60.0 Å². The van der Waals surface area contributed by atoms with Crippen LogP contribution in [0.4, 0.5) is 0 Å². The molecule has 0 saturated heterocycles. The van der Waals surface area contributed by atoms with Crippen molar-refractivity contribution in [2.75, 3.05) is 0 Å². The maximum atomic E-state index is 12.8. The van der Waals surface area contributed by atoms with E-state index in [-0.39, 0.29) is 0 Å². The average molecular weight is 286 g/mol. The van der Waals surface area contributed by atoms with E-state index >= 15 is 0 Å². The van der Waals surface area contributed by atoms with E-state index in [4.69, 9.17) is 0 Å². The van der Waals surface area contributed by atoms with Crippen LogP contribution in [-0.2, 0) is 10.0 Å². The Balaban J connectivity index is 2.29. The second-order valence-electron chi connectivity index (χ2n) is 4.80. The molecule has 0 amide bonds. The first-order chi connectivity index (χ1) is 9.50. The van der Waals surface area contributed by atoms with E-state index in [1.807, 2.05) is 13.0 Å². The Hall–Kier alpha value is -2.14. The van der Waals surface area contributed by atoms with Gasteiger partial charge >= 0.3 is 0 Å². The maximum absolute atomic E-state index is 12.8. The Morgan fingerprint density at radius 3 is 2.45 bits per heavy atom. The van der Waals surface area contributed by atoms with Gasteiger partial charge in [-0.05, 0) is 38.1 Å². The molecule has 0 aliphatic carbocycles. The van der Waals surface area contributed by atoms with Crippen molar-refractivity contribution >= 4 is 20.9 Å². The molecule has 0 atom stereocenters. The summed E-state index contributed by atoms with van der Waals surface area (Å²) in [6.45, 7) is 3.71. The number of hydrogen-bond acceptors (Lipinski definition) is 3. The first-order valence-corrected chi connectivity index (χ1v) is 7.68. The molecular formula is C15H14N2O2S. The van der Waals surface area contributed by atoms with Crippen molar-refractivity contribution in [3.8, 4) is 0 Å². The van der Waals surface area contributed by atoms with Gasteiger partial charge in [-0.25, -0.2) is 12.4 Å². The van der Waals surface area contributed by atoms with Gasteiger partial charge in [-0.2, -0.15) is 0 Å². The maximum Gasteiger partial charge on any atom is 0.268 e. The average Bonchev–Trinajstić information content (AvgIpc) is 2.75. The van der Waals surface area contributed by atoms with Gasteiger partial charge in [0.25, 0.3) is 10.0 Å². The monoisotopic (exact) mass is 286 g/mol. The van der Waals surface area contributed by atoms with Crippen molar-refractivity contribution in [2.24, 2.45) is 0 Å². The molecule has 0 spiro atoms. The van der Waals surface area contributed by atoms with Gasteiger partial charge in [-0.1, -0.05) is 17.7 Å². The second-order valence-corrected chi connectivity index (χ2v) is 6.59. The van der Waals surface area contributed by atoms with Crippen LogP contribution in [0, 0.1) is 13.8 Å². The zero-order chi connectivity index (χ0) is 14.3. The second kappa shape index (κ2) is 4.45. The fourth-order valence-electron chi connectivity index (χ4n) is 2.30.